The van der Waals surface area contributed by atoms with Crippen LogP contribution in [0.15, 0.2) is 36.4 Å². The predicted molar refractivity (Wildman–Crippen MR) is 123 cm³/mol. The zero-order chi connectivity index (χ0) is 22.5. The minimum Gasteiger partial charge on any atom is -0.490 e. The smallest absolute Gasteiger partial charge is 0.257 e. The van der Waals surface area contributed by atoms with Crippen molar-refractivity contribution in [3.8, 4) is 17.6 Å². The van der Waals surface area contributed by atoms with Crippen LogP contribution in [-0.2, 0) is 0 Å². The van der Waals surface area contributed by atoms with Crippen molar-refractivity contribution in [1.29, 1.82) is 0 Å². The van der Waals surface area contributed by atoms with E-state index in [2.05, 4.69) is 42.8 Å². The largest absolute Gasteiger partial charge is 0.490 e. The Balaban J connectivity index is 1.77. The van der Waals surface area contributed by atoms with Crippen molar-refractivity contribution in [2.24, 2.45) is 5.41 Å². The van der Waals surface area contributed by atoms with Gasteiger partial charge < -0.3 is 9.64 Å². The van der Waals surface area contributed by atoms with Crippen LogP contribution in [0.3, 0.4) is 0 Å². The lowest BCUT2D eigenvalue weighted by Gasteiger charge is -2.25. The van der Waals surface area contributed by atoms with Gasteiger partial charge in [-0.15, -0.1) is 10.2 Å². The summed E-state index contributed by atoms with van der Waals surface area (Å²) in [4.78, 5) is 6.76. The van der Waals surface area contributed by atoms with Gasteiger partial charge in [0.2, 0.25) is 0 Å². The van der Waals surface area contributed by atoms with Crippen LogP contribution in [0.25, 0.3) is 16.7 Å². The number of fused-ring (bicyclic) bond motifs is 4. The zero-order valence-electron chi connectivity index (χ0n) is 18.6. The second kappa shape index (κ2) is 7.49. The Morgan fingerprint density at radius 3 is 2.72 bits per heavy atom. The second-order valence-corrected chi connectivity index (χ2v) is 8.96. The highest BCUT2D eigenvalue weighted by Crippen LogP contribution is 2.41. The van der Waals surface area contributed by atoms with E-state index in [4.69, 9.17) is 9.72 Å². The van der Waals surface area contributed by atoms with Crippen molar-refractivity contribution < 1.29 is 9.13 Å². The summed E-state index contributed by atoms with van der Waals surface area (Å²) < 4.78 is 23.1. The summed E-state index contributed by atoms with van der Waals surface area (Å²) in [5, 5.41) is 8.79. The second-order valence-electron chi connectivity index (χ2n) is 8.96. The molecule has 5 rings (SSSR count). The molecule has 0 radical (unpaired) electrons. The molecule has 0 saturated heterocycles. The van der Waals surface area contributed by atoms with Crippen molar-refractivity contribution in [3.63, 3.8) is 0 Å². The van der Waals surface area contributed by atoms with Crippen LogP contribution in [0, 0.1) is 30.0 Å². The molecule has 162 valence electrons. The maximum absolute atomic E-state index is 15.2. The Labute approximate surface area is 186 Å². The molecule has 3 heterocycles. The van der Waals surface area contributed by atoms with Gasteiger partial charge in [-0.25, -0.2) is 4.39 Å². The van der Waals surface area contributed by atoms with Gasteiger partial charge in [0.1, 0.15) is 17.5 Å². The van der Waals surface area contributed by atoms with Crippen molar-refractivity contribution in [2.45, 2.75) is 34.1 Å². The molecular weight excluding hydrogens is 405 g/mol. The van der Waals surface area contributed by atoms with E-state index in [0.29, 0.717) is 47.2 Å². The fourth-order valence-electron chi connectivity index (χ4n) is 3.95. The van der Waals surface area contributed by atoms with Crippen molar-refractivity contribution >= 4 is 28.2 Å². The molecule has 0 fully saturated rings. The van der Waals surface area contributed by atoms with Crippen LogP contribution >= 0.6 is 0 Å². The Morgan fingerprint density at radius 1 is 1.09 bits per heavy atom. The van der Waals surface area contributed by atoms with Gasteiger partial charge in [0, 0.05) is 12.0 Å². The number of hydrogen-bond donors (Lipinski definition) is 0. The van der Waals surface area contributed by atoms with Crippen LogP contribution in [0.4, 0.5) is 15.9 Å². The van der Waals surface area contributed by atoms with Crippen LogP contribution in [0.2, 0.25) is 0 Å². The third-order valence-corrected chi connectivity index (χ3v) is 5.36. The van der Waals surface area contributed by atoms with E-state index in [0.717, 1.165) is 17.7 Å². The van der Waals surface area contributed by atoms with Gasteiger partial charge in [0.05, 0.1) is 28.8 Å². The summed E-state index contributed by atoms with van der Waals surface area (Å²) in [6.45, 7) is 9.23. The van der Waals surface area contributed by atoms with E-state index >= 15 is 4.39 Å². The summed E-state index contributed by atoms with van der Waals surface area (Å²) >= 11 is 0. The molecule has 7 heteroatoms. The molecule has 2 aromatic carbocycles. The van der Waals surface area contributed by atoms with E-state index in [1.54, 1.807) is 10.5 Å². The molecule has 0 saturated carbocycles. The molecule has 6 nitrogen and oxygen atoms in total. The first-order chi connectivity index (χ1) is 15.3. The summed E-state index contributed by atoms with van der Waals surface area (Å²) in [7, 11) is 0. The molecule has 1 aliphatic heterocycles. The standard InChI is InChI=1S/C25H24FN5O/c1-16-28-29-24-27-23(21-18(26)9-6-10-19(21)31(16)24)30-14-7-15-32-22-17(8-5-11-20(22)30)12-13-25(2,3)4/h5-6,8-11H,7,14-15H2,1-4H3. The number of aromatic nitrogens is 4. The van der Waals surface area contributed by atoms with Crippen molar-refractivity contribution in [2.75, 3.05) is 18.1 Å². The molecule has 1 aliphatic rings. The summed E-state index contributed by atoms with van der Waals surface area (Å²) in [5.41, 5.74) is 2.18. The summed E-state index contributed by atoms with van der Waals surface area (Å²) in [5.74, 6) is 8.52. The van der Waals surface area contributed by atoms with Crippen LogP contribution in [0.1, 0.15) is 38.6 Å². The average molecular weight is 429 g/mol. The molecule has 0 aliphatic carbocycles. The number of halogens is 1. The van der Waals surface area contributed by atoms with Crippen LogP contribution < -0.4 is 9.64 Å². The first-order valence-corrected chi connectivity index (χ1v) is 10.7. The third kappa shape index (κ3) is 3.42. The Kier molecular flexibility index (Phi) is 4.74. The first kappa shape index (κ1) is 20.3. The quantitative estimate of drug-likeness (QED) is 0.397. The monoisotopic (exact) mass is 429 g/mol. The van der Waals surface area contributed by atoms with E-state index < -0.39 is 0 Å². The Morgan fingerprint density at radius 2 is 1.91 bits per heavy atom. The van der Waals surface area contributed by atoms with Gasteiger partial charge in [-0.1, -0.05) is 24.0 Å². The van der Waals surface area contributed by atoms with E-state index in [1.165, 1.54) is 6.07 Å². The molecule has 0 amide bonds. The lowest BCUT2D eigenvalue weighted by Crippen LogP contribution is -2.20. The number of para-hydroxylation sites is 1. The van der Waals surface area contributed by atoms with Gasteiger partial charge >= 0.3 is 0 Å². The lowest BCUT2D eigenvalue weighted by molar-refractivity contribution is 0.322. The number of nitrogens with zero attached hydrogens (tertiary/aromatic N) is 5. The zero-order valence-corrected chi connectivity index (χ0v) is 18.6. The van der Waals surface area contributed by atoms with E-state index in [-0.39, 0.29) is 11.2 Å². The molecule has 0 unspecified atom stereocenters. The number of aryl methyl sites for hydroxylation is 1. The molecule has 2 aromatic heterocycles. The molecule has 0 N–H and O–H groups in total. The highest BCUT2D eigenvalue weighted by Gasteiger charge is 2.25. The van der Waals surface area contributed by atoms with Gasteiger partial charge in [-0.2, -0.15) is 4.98 Å². The van der Waals surface area contributed by atoms with Crippen molar-refractivity contribution in [1.82, 2.24) is 19.6 Å². The molecule has 32 heavy (non-hydrogen) atoms. The van der Waals surface area contributed by atoms with E-state index in [9.17, 15) is 0 Å². The fourth-order valence-corrected chi connectivity index (χ4v) is 3.95. The van der Waals surface area contributed by atoms with Crippen LogP contribution in [0.5, 0.6) is 5.75 Å². The minimum atomic E-state index is -0.338. The normalized spacial score (nSPS) is 14.0. The molecular formula is C25H24FN5O. The van der Waals surface area contributed by atoms with Gasteiger partial charge in [0.25, 0.3) is 5.78 Å². The fraction of sp³-hybridized carbons (Fsp3) is 0.320. The number of anilines is 2. The summed E-state index contributed by atoms with van der Waals surface area (Å²) in [6, 6.07) is 10.9. The van der Waals surface area contributed by atoms with Crippen LogP contribution in [-0.4, -0.2) is 32.7 Å². The Hall–Kier alpha value is -3.66. The maximum atomic E-state index is 15.2. The average Bonchev–Trinajstić information content (AvgIpc) is 2.99. The van der Waals surface area contributed by atoms with Gasteiger partial charge in [0.15, 0.2) is 5.75 Å². The Bertz CT molecular complexity index is 1410. The third-order valence-electron chi connectivity index (χ3n) is 5.36. The topological polar surface area (TPSA) is 55.5 Å². The highest BCUT2D eigenvalue weighted by atomic mass is 19.1. The highest BCUT2D eigenvalue weighted by molar-refractivity contribution is 5.95. The lowest BCUT2D eigenvalue weighted by atomic mass is 9.97. The molecule has 0 atom stereocenters. The molecule has 0 bridgehead atoms. The predicted octanol–water partition coefficient (Wildman–Crippen LogP) is 5.04. The minimum absolute atomic E-state index is 0.134. The maximum Gasteiger partial charge on any atom is 0.257 e. The number of ether oxygens (including phenoxy) is 1. The molecule has 4 aromatic rings. The van der Waals surface area contributed by atoms with Crippen molar-refractivity contribution in [3.05, 3.63) is 53.6 Å². The number of rotatable bonds is 1. The SMILES string of the molecule is Cc1nnc2nc(N3CCCOc4c(C#CC(C)(C)C)cccc43)c3c(F)cccc3n12. The van der Waals surface area contributed by atoms with Gasteiger partial charge in [-0.3, -0.25) is 4.40 Å². The number of hydrogen-bond acceptors (Lipinski definition) is 5. The van der Waals surface area contributed by atoms with E-state index in [1.807, 2.05) is 36.1 Å². The number of benzene rings is 2. The van der Waals surface area contributed by atoms with Gasteiger partial charge in [-0.05, 0) is 58.4 Å². The first-order valence-electron chi connectivity index (χ1n) is 10.7. The molecule has 0 spiro atoms. The summed E-state index contributed by atoms with van der Waals surface area (Å²) in [6.07, 6.45) is 0.759.